The minimum Gasteiger partial charge on any atom is -0.480 e. The molecule has 1 amide bonds. The fraction of sp³-hybridized carbons (Fsp3) is 0.562. The maximum atomic E-state index is 12.0. The zero-order valence-corrected chi connectivity index (χ0v) is 12.9. The lowest BCUT2D eigenvalue weighted by atomic mass is 10.1. The number of aryl methyl sites for hydroxylation is 1. The largest absolute Gasteiger partial charge is 0.480 e. The van der Waals surface area contributed by atoms with Crippen molar-refractivity contribution in [1.29, 1.82) is 0 Å². The van der Waals surface area contributed by atoms with Gasteiger partial charge >= 0.3 is 0 Å². The van der Waals surface area contributed by atoms with Gasteiger partial charge in [-0.15, -0.1) is 0 Å². The first-order valence-electron chi connectivity index (χ1n) is 7.25. The predicted molar refractivity (Wildman–Crippen MR) is 81.9 cm³/mol. The minimum atomic E-state index is -0.512. The molecule has 3 N–H and O–H groups in total. The SMILES string of the molecule is CCC(C)NC(=O)C(C)Oc1c(C)cccc1CCN. The van der Waals surface area contributed by atoms with Gasteiger partial charge < -0.3 is 15.8 Å². The number of carbonyl (C=O) groups is 1. The Balaban J connectivity index is 2.79. The number of hydrogen-bond donors (Lipinski definition) is 2. The van der Waals surface area contributed by atoms with Crippen molar-refractivity contribution < 1.29 is 9.53 Å². The first kappa shape index (κ1) is 16.5. The molecular formula is C16H26N2O2. The normalized spacial score (nSPS) is 13.7. The lowest BCUT2D eigenvalue weighted by molar-refractivity contribution is -0.127. The molecule has 4 nitrogen and oxygen atoms in total. The highest BCUT2D eigenvalue weighted by Crippen LogP contribution is 2.25. The van der Waals surface area contributed by atoms with E-state index in [0.717, 1.165) is 29.7 Å². The average Bonchev–Trinajstić information content (AvgIpc) is 2.42. The molecule has 4 heteroatoms. The van der Waals surface area contributed by atoms with Gasteiger partial charge in [0, 0.05) is 6.04 Å². The third-order valence-corrected chi connectivity index (χ3v) is 3.37. The van der Waals surface area contributed by atoms with Crippen LogP contribution in [0.25, 0.3) is 0 Å². The van der Waals surface area contributed by atoms with Crippen LogP contribution < -0.4 is 15.8 Å². The van der Waals surface area contributed by atoms with Gasteiger partial charge in [0.15, 0.2) is 6.10 Å². The van der Waals surface area contributed by atoms with Crippen molar-refractivity contribution in [3.8, 4) is 5.75 Å². The number of hydrogen-bond acceptors (Lipinski definition) is 3. The van der Waals surface area contributed by atoms with E-state index in [9.17, 15) is 4.79 Å². The zero-order valence-electron chi connectivity index (χ0n) is 12.9. The van der Waals surface area contributed by atoms with Crippen LogP contribution in [0.2, 0.25) is 0 Å². The monoisotopic (exact) mass is 278 g/mol. The van der Waals surface area contributed by atoms with Crippen molar-refractivity contribution in [2.24, 2.45) is 5.73 Å². The minimum absolute atomic E-state index is 0.0821. The van der Waals surface area contributed by atoms with Crippen molar-refractivity contribution in [2.75, 3.05) is 6.54 Å². The highest BCUT2D eigenvalue weighted by atomic mass is 16.5. The van der Waals surface area contributed by atoms with Crippen molar-refractivity contribution in [3.05, 3.63) is 29.3 Å². The Labute approximate surface area is 121 Å². The summed E-state index contributed by atoms with van der Waals surface area (Å²) in [5.41, 5.74) is 7.70. The highest BCUT2D eigenvalue weighted by molar-refractivity contribution is 5.81. The van der Waals surface area contributed by atoms with E-state index in [4.69, 9.17) is 10.5 Å². The molecule has 0 bridgehead atoms. The molecule has 1 aromatic rings. The topological polar surface area (TPSA) is 64.3 Å². The first-order chi connectivity index (χ1) is 9.49. The summed E-state index contributed by atoms with van der Waals surface area (Å²) in [5.74, 6) is 0.700. The van der Waals surface area contributed by atoms with Gasteiger partial charge in [-0.2, -0.15) is 0 Å². The molecule has 0 radical (unpaired) electrons. The number of benzene rings is 1. The molecule has 112 valence electrons. The Morgan fingerprint density at radius 1 is 1.40 bits per heavy atom. The lowest BCUT2D eigenvalue weighted by Crippen LogP contribution is -2.41. The average molecular weight is 278 g/mol. The molecule has 2 atom stereocenters. The highest BCUT2D eigenvalue weighted by Gasteiger charge is 2.18. The van der Waals surface area contributed by atoms with Crippen LogP contribution in [-0.4, -0.2) is 24.6 Å². The van der Waals surface area contributed by atoms with Gasteiger partial charge in [0.2, 0.25) is 0 Å². The second-order valence-electron chi connectivity index (χ2n) is 5.18. The van der Waals surface area contributed by atoms with Crippen molar-refractivity contribution in [2.45, 2.75) is 52.7 Å². The summed E-state index contributed by atoms with van der Waals surface area (Å²) in [6, 6.07) is 6.12. The Hall–Kier alpha value is -1.55. The summed E-state index contributed by atoms with van der Waals surface area (Å²) in [6.45, 7) is 8.34. The Kier molecular flexibility index (Phi) is 6.52. The van der Waals surface area contributed by atoms with E-state index in [1.54, 1.807) is 6.92 Å². The fourth-order valence-electron chi connectivity index (χ4n) is 1.93. The Morgan fingerprint density at radius 3 is 2.70 bits per heavy atom. The third-order valence-electron chi connectivity index (χ3n) is 3.37. The number of nitrogens with two attached hydrogens (primary N) is 1. The zero-order chi connectivity index (χ0) is 15.1. The summed E-state index contributed by atoms with van der Waals surface area (Å²) in [7, 11) is 0. The van der Waals surface area contributed by atoms with E-state index >= 15 is 0 Å². The van der Waals surface area contributed by atoms with E-state index in [1.165, 1.54) is 0 Å². The van der Waals surface area contributed by atoms with E-state index < -0.39 is 6.10 Å². The molecule has 0 saturated heterocycles. The standard InChI is InChI=1S/C16H26N2O2/c1-5-12(3)18-16(19)13(4)20-15-11(2)7-6-8-14(15)9-10-17/h6-8,12-13H,5,9-10,17H2,1-4H3,(H,18,19). The van der Waals surface area contributed by atoms with Gasteiger partial charge in [-0.3, -0.25) is 4.79 Å². The van der Waals surface area contributed by atoms with Crippen LogP contribution in [0.5, 0.6) is 5.75 Å². The summed E-state index contributed by atoms with van der Waals surface area (Å²) < 4.78 is 5.87. The second-order valence-corrected chi connectivity index (χ2v) is 5.18. The second kappa shape index (κ2) is 7.90. The van der Waals surface area contributed by atoms with Crippen LogP contribution in [0, 0.1) is 6.92 Å². The number of amides is 1. The van der Waals surface area contributed by atoms with E-state index in [1.807, 2.05) is 39.0 Å². The fourth-order valence-corrected chi connectivity index (χ4v) is 1.93. The molecule has 1 rings (SSSR count). The predicted octanol–water partition coefficient (Wildman–Crippen LogP) is 2.18. The van der Waals surface area contributed by atoms with Crippen molar-refractivity contribution >= 4 is 5.91 Å². The number of ether oxygens (including phenoxy) is 1. The van der Waals surface area contributed by atoms with Crippen LogP contribution in [-0.2, 0) is 11.2 Å². The van der Waals surface area contributed by atoms with Crippen molar-refractivity contribution in [1.82, 2.24) is 5.32 Å². The summed E-state index contributed by atoms with van der Waals surface area (Å²) in [4.78, 5) is 12.0. The number of carbonyl (C=O) groups excluding carboxylic acids is 1. The van der Waals surface area contributed by atoms with Gasteiger partial charge in [0.05, 0.1) is 0 Å². The molecule has 0 fully saturated rings. The van der Waals surface area contributed by atoms with Crippen LogP contribution in [0.1, 0.15) is 38.3 Å². The van der Waals surface area contributed by atoms with Crippen LogP contribution in [0.4, 0.5) is 0 Å². The molecule has 0 aliphatic carbocycles. The van der Waals surface area contributed by atoms with Crippen LogP contribution in [0.3, 0.4) is 0 Å². The Morgan fingerprint density at radius 2 is 2.10 bits per heavy atom. The molecule has 0 aromatic heterocycles. The van der Waals surface area contributed by atoms with Gasteiger partial charge in [-0.05, 0) is 51.3 Å². The number of nitrogens with one attached hydrogen (secondary N) is 1. The van der Waals surface area contributed by atoms with Gasteiger partial charge in [-0.25, -0.2) is 0 Å². The molecule has 0 heterocycles. The molecule has 2 unspecified atom stereocenters. The van der Waals surface area contributed by atoms with E-state index in [0.29, 0.717) is 6.54 Å². The molecule has 20 heavy (non-hydrogen) atoms. The molecule has 0 saturated carbocycles. The third kappa shape index (κ3) is 4.53. The van der Waals surface area contributed by atoms with E-state index in [-0.39, 0.29) is 11.9 Å². The van der Waals surface area contributed by atoms with Crippen molar-refractivity contribution in [3.63, 3.8) is 0 Å². The van der Waals surface area contributed by atoms with Crippen LogP contribution in [0.15, 0.2) is 18.2 Å². The maximum Gasteiger partial charge on any atom is 0.260 e. The first-order valence-corrected chi connectivity index (χ1v) is 7.25. The summed E-state index contributed by atoms with van der Waals surface area (Å²) >= 11 is 0. The van der Waals surface area contributed by atoms with Gasteiger partial charge in [-0.1, -0.05) is 25.1 Å². The quantitative estimate of drug-likeness (QED) is 0.803. The smallest absolute Gasteiger partial charge is 0.260 e. The molecule has 0 aliphatic heterocycles. The summed E-state index contributed by atoms with van der Waals surface area (Å²) in [5, 5.41) is 2.93. The summed E-state index contributed by atoms with van der Waals surface area (Å²) in [6.07, 6.45) is 1.14. The van der Waals surface area contributed by atoms with Gasteiger partial charge in [0.25, 0.3) is 5.91 Å². The Bertz CT molecular complexity index is 446. The molecule has 0 spiro atoms. The van der Waals surface area contributed by atoms with Gasteiger partial charge in [0.1, 0.15) is 5.75 Å². The molecular weight excluding hydrogens is 252 g/mol. The van der Waals surface area contributed by atoms with Crippen LogP contribution >= 0.6 is 0 Å². The number of para-hydroxylation sites is 1. The van der Waals surface area contributed by atoms with E-state index in [2.05, 4.69) is 5.32 Å². The lowest BCUT2D eigenvalue weighted by Gasteiger charge is -2.20. The molecule has 0 aliphatic rings. The molecule has 1 aromatic carbocycles. The maximum absolute atomic E-state index is 12.0. The number of rotatable bonds is 7.